The van der Waals surface area contributed by atoms with Gasteiger partial charge in [-0.1, -0.05) is 17.7 Å². The average Bonchev–Trinajstić information content (AvgIpc) is 3.10. The van der Waals surface area contributed by atoms with Gasteiger partial charge in [-0.2, -0.15) is 0 Å². The van der Waals surface area contributed by atoms with E-state index in [2.05, 4.69) is 25.4 Å². The van der Waals surface area contributed by atoms with Crippen molar-refractivity contribution in [2.75, 3.05) is 31.1 Å². The molecule has 0 saturated carbocycles. The number of anilines is 1. The number of hydrogen-bond acceptors (Lipinski definition) is 5. The highest BCUT2D eigenvalue weighted by Crippen LogP contribution is 2.25. The topological polar surface area (TPSA) is 78.7 Å². The van der Waals surface area contributed by atoms with Crippen molar-refractivity contribution in [2.45, 2.75) is 6.54 Å². The number of amides is 2. The van der Waals surface area contributed by atoms with Gasteiger partial charge < -0.3 is 15.1 Å². The standard InChI is InChI=1S/C17H18ClN7O/c18-13-11-19-5-4-14(13)23-7-9-24(10-8-23)17(26)20-12-16-22-21-15-3-1-2-6-25(15)16/h1-6,11H,7-10,12H2,(H,20,26). The monoisotopic (exact) mass is 371 g/mol. The van der Waals surface area contributed by atoms with Crippen LogP contribution in [0.25, 0.3) is 5.65 Å². The lowest BCUT2D eigenvalue weighted by Gasteiger charge is -2.36. The summed E-state index contributed by atoms with van der Waals surface area (Å²) in [7, 11) is 0. The first-order valence-electron chi connectivity index (χ1n) is 8.38. The van der Waals surface area contributed by atoms with E-state index in [-0.39, 0.29) is 6.03 Å². The molecule has 1 aliphatic rings. The lowest BCUT2D eigenvalue weighted by Crippen LogP contribution is -2.51. The molecule has 0 unspecified atom stereocenters. The molecule has 2 amide bonds. The second-order valence-electron chi connectivity index (χ2n) is 6.00. The van der Waals surface area contributed by atoms with E-state index in [1.54, 1.807) is 17.3 Å². The number of aromatic nitrogens is 4. The highest BCUT2D eigenvalue weighted by atomic mass is 35.5. The fourth-order valence-corrected chi connectivity index (χ4v) is 3.29. The van der Waals surface area contributed by atoms with Gasteiger partial charge in [-0.15, -0.1) is 10.2 Å². The van der Waals surface area contributed by atoms with Crippen LogP contribution >= 0.6 is 11.6 Å². The number of hydrogen-bond donors (Lipinski definition) is 1. The minimum Gasteiger partial charge on any atom is -0.367 e. The highest BCUT2D eigenvalue weighted by molar-refractivity contribution is 6.33. The number of nitrogens with zero attached hydrogens (tertiary/aromatic N) is 6. The van der Waals surface area contributed by atoms with Crippen molar-refractivity contribution in [2.24, 2.45) is 0 Å². The maximum atomic E-state index is 12.4. The van der Waals surface area contributed by atoms with Crippen LogP contribution in [0, 0.1) is 0 Å². The first-order valence-corrected chi connectivity index (χ1v) is 8.76. The van der Waals surface area contributed by atoms with Gasteiger partial charge >= 0.3 is 6.03 Å². The Bertz CT molecular complexity index is 920. The van der Waals surface area contributed by atoms with Crippen LogP contribution in [0.1, 0.15) is 5.82 Å². The van der Waals surface area contributed by atoms with Gasteiger partial charge in [-0.25, -0.2) is 4.79 Å². The number of carbonyl (C=O) groups excluding carboxylic acids is 1. The predicted molar refractivity (Wildman–Crippen MR) is 98.3 cm³/mol. The zero-order valence-electron chi connectivity index (χ0n) is 14.0. The smallest absolute Gasteiger partial charge is 0.317 e. The minimum absolute atomic E-state index is 0.0989. The van der Waals surface area contributed by atoms with Gasteiger partial charge in [0.2, 0.25) is 0 Å². The van der Waals surface area contributed by atoms with E-state index in [9.17, 15) is 4.79 Å². The Labute approximate surface area is 155 Å². The molecule has 26 heavy (non-hydrogen) atoms. The Morgan fingerprint density at radius 2 is 2.00 bits per heavy atom. The van der Waals surface area contributed by atoms with Crippen molar-refractivity contribution in [1.29, 1.82) is 0 Å². The maximum Gasteiger partial charge on any atom is 0.317 e. The van der Waals surface area contributed by atoms with Crippen LogP contribution < -0.4 is 10.2 Å². The zero-order valence-corrected chi connectivity index (χ0v) is 14.8. The molecule has 0 spiro atoms. The summed E-state index contributed by atoms with van der Waals surface area (Å²) in [6, 6.07) is 7.49. The fourth-order valence-electron chi connectivity index (χ4n) is 3.05. The molecule has 9 heteroatoms. The van der Waals surface area contributed by atoms with Gasteiger partial charge in [0.05, 0.1) is 17.3 Å². The Morgan fingerprint density at radius 1 is 1.15 bits per heavy atom. The summed E-state index contributed by atoms with van der Waals surface area (Å²) in [6.45, 7) is 3.05. The summed E-state index contributed by atoms with van der Waals surface area (Å²) < 4.78 is 1.86. The van der Waals surface area contributed by atoms with Crippen LogP contribution in [0.5, 0.6) is 0 Å². The molecule has 3 aromatic rings. The number of urea groups is 1. The third-order valence-corrected chi connectivity index (χ3v) is 4.73. The number of halogens is 1. The van der Waals surface area contributed by atoms with E-state index in [1.165, 1.54) is 0 Å². The third-order valence-electron chi connectivity index (χ3n) is 4.44. The molecule has 4 rings (SSSR count). The molecule has 0 radical (unpaired) electrons. The Hall–Kier alpha value is -2.87. The number of nitrogens with one attached hydrogen (secondary N) is 1. The summed E-state index contributed by atoms with van der Waals surface area (Å²) in [5.74, 6) is 0.705. The SMILES string of the molecule is O=C(NCc1nnc2ccccn12)N1CCN(c2ccncc2Cl)CC1. The molecular weight excluding hydrogens is 354 g/mol. The molecule has 1 fully saturated rings. The van der Waals surface area contributed by atoms with Crippen LogP contribution in [0.4, 0.5) is 10.5 Å². The Balaban J connectivity index is 1.33. The Kier molecular flexibility index (Phi) is 4.57. The molecule has 1 saturated heterocycles. The summed E-state index contributed by atoms with van der Waals surface area (Å²) in [6.07, 6.45) is 5.25. The molecule has 8 nitrogen and oxygen atoms in total. The maximum absolute atomic E-state index is 12.4. The largest absolute Gasteiger partial charge is 0.367 e. The number of pyridine rings is 2. The summed E-state index contributed by atoms with van der Waals surface area (Å²) >= 11 is 6.20. The number of piperazine rings is 1. The van der Waals surface area contributed by atoms with Crippen LogP contribution in [0.15, 0.2) is 42.9 Å². The van der Waals surface area contributed by atoms with E-state index >= 15 is 0 Å². The van der Waals surface area contributed by atoms with Crippen LogP contribution in [0.3, 0.4) is 0 Å². The van der Waals surface area contributed by atoms with Crippen molar-refractivity contribution in [1.82, 2.24) is 29.8 Å². The summed E-state index contributed by atoms with van der Waals surface area (Å²) in [5.41, 5.74) is 1.72. The molecule has 0 aliphatic carbocycles. The quantitative estimate of drug-likeness (QED) is 0.759. The molecule has 134 valence electrons. The van der Waals surface area contributed by atoms with E-state index < -0.39 is 0 Å². The zero-order chi connectivity index (χ0) is 17.9. The van der Waals surface area contributed by atoms with Gasteiger partial charge in [0.15, 0.2) is 11.5 Å². The van der Waals surface area contributed by atoms with Crippen LogP contribution in [0.2, 0.25) is 5.02 Å². The average molecular weight is 372 g/mol. The molecular formula is C17H18ClN7O. The van der Waals surface area contributed by atoms with Crippen molar-refractivity contribution in [3.63, 3.8) is 0 Å². The lowest BCUT2D eigenvalue weighted by molar-refractivity contribution is 0.193. The minimum atomic E-state index is -0.0989. The van der Waals surface area contributed by atoms with Gasteiger partial charge in [0, 0.05) is 44.8 Å². The molecule has 3 aromatic heterocycles. The second kappa shape index (κ2) is 7.17. The van der Waals surface area contributed by atoms with E-state index in [4.69, 9.17) is 11.6 Å². The van der Waals surface area contributed by atoms with Gasteiger partial charge in [0.25, 0.3) is 0 Å². The molecule has 0 aromatic carbocycles. The molecule has 1 N–H and O–H groups in total. The van der Waals surface area contributed by atoms with E-state index in [1.807, 2.05) is 34.9 Å². The molecule has 0 bridgehead atoms. The Morgan fingerprint density at radius 3 is 2.81 bits per heavy atom. The predicted octanol–water partition coefficient (Wildman–Crippen LogP) is 1.81. The summed E-state index contributed by atoms with van der Waals surface area (Å²) in [4.78, 5) is 20.4. The van der Waals surface area contributed by atoms with Gasteiger partial charge in [-0.05, 0) is 18.2 Å². The van der Waals surface area contributed by atoms with Crippen molar-refractivity contribution < 1.29 is 4.79 Å². The number of rotatable bonds is 3. The van der Waals surface area contributed by atoms with E-state index in [0.717, 1.165) is 24.4 Å². The second-order valence-corrected chi connectivity index (χ2v) is 6.41. The number of carbonyl (C=O) groups is 1. The van der Waals surface area contributed by atoms with Crippen molar-refractivity contribution >= 4 is 29.0 Å². The van der Waals surface area contributed by atoms with Gasteiger partial charge in [0.1, 0.15) is 0 Å². The first kappa shape index (κ1) is 16.6. The third kappa shape index (κ3) is 3.28. The molecule has 0 atom stereocenters. The first-order chi connectivity index (χ1) is 12.7. The van der Waals surface area contributed by atoms with Crippen LogP contribution in [-0.2, 0) is 6.54 Å². The lowest BCUT2D eigenvalue weighted by atomic mass is 10.2. The molecule has 4 heterocycles. The fraction of sp³-hybridized carbons (Fsp3) is 0.294. The van der Waals surface area contributed by atoms with Crippen molar-refractivity contribution in [3.05, 3.63) is 53.7 Å². The highest BCUT2D eigenvalue weighted by Gasteiger charge is 2.22. The van der Waals surface area contributed by atoms with Crippen LogP contribution in [-0.4, -0.2) is 56.7 Å². The van der Waals surface area contributed by atoms with E-state index in [0.29, 0.717) is 30.5 Å². The van der Waals surface area contributed by atoms with Crippen molar-refractivity contribution in [3.8, 4) is 0 Å². The normalized spacial score (nSPS) is 14.7. The summed E-state index contributed by atoms with van der Waals surface area (Å²) in [5, 5.41) is 11.8. The molecule has 1 aliphatic heterocycles. The number of fused-ring (bicyclic) bond motifs is 1. The van der Waals surface area contributed by atoms with Gasteiger partial charge in [-0.3, -0.25) is 9.38 Å².